The number of nitrogens with one attached hydrogen (secondary N) is 5. The molecule has 0 aliphatic carbocycles. The van der Waals surface area contributed by atoms with E-state index in [-0.39, 0.29) is 73.9 Å². The zero-order valence-electron chi connectivity index (χ0n) is 37.6. The minimum absolute atomic E-state index is 0.0321. The Balaban J connectivity index is 0. The number of hydrogen-bond donors (Lipinski definition) is 13. The lowest BCUT2D eigenvalue weighted by molar-refractivity contribution is -0.193. The first kappa shape index (κ1) is 64.8. The van der Waals surface area contributed by atoms with Gasteiger partial charge in [0.1, 0.15) is 18.1 Å². The number of aliphatic carboxylic acids is 3. The molecule has 18 N–H and O–H groups in total. The Bertz CT molecular complexity index is 1850. The van der Waals surface area contributed by atoms with Crippen LogP contribution in [0.3, 0.4) is 0 Å². The molecule has 0 bridgehead atoms. The lowest BCUT2D eigenvalue weighted by atomic mass is 9.96. The van der Waals surface area contributed by atoms with Crippen LogP contribution in [0.1, 0.15) is 57.9 Å². The average Bonchev–Trinajstić information content (AvgIpc) is 3.23. The molecule has 1 saturated heterocycles. The first-order valence-corrected chi connectivity index (χ1v) is 20.4. The Morgan fingerprint density at radius 1 is 0.671 bits per heavy atom. The zero-order valence-corrected chi connectivity index (χ0v) is 37.6. The van der Waals surface area contributed by atoms with E-state index in [1.807, 2.05) is 30.3 Å². The van der Waals surface area contributed by atoms with Gasteiger partial charge < -0.3 is 70.2 Å². The second-order valence-corrected chi connectivity index (χ2v) is 14.9. The summed E-state index contributed by atoms with van der Waals surface area (Å²) in [5, 5.41) is 40.3. The number of likely N-dealkylation sites (tertiary alicyclic amines) is 1. The van der Waals surface area contributed by atoms with Gasteiger partial charge in [-0.2, -0.15) is 39.5 Å². The minimum atomic E-state index is -5.08. The van der Waals surface area contributed by atoms with Crippen LogP contribution >= 0.6 is 0 Å². The number of hydrogen-bond acceptors (Lipinski definition) is 10. The number of benzene rings is 1. The van der Waals surface area contributed by atoms with Crippen molar-refractivity contribution >= 4 is 59.4 Å². The molecule has 0 unspecified atom stereocenters. The van der Waals surface area contributed by atoms with E-state index in [0.717, 1.165) is 18.4 Å². The number of carbonyl (C=O) groups is 7. The van der Waals surface area contributed by atoms with E-state index in [1.165, 1.54) is 0 Å². The molecule has 1 aromatic rings. The Kier molecular flexibility index (Phi) is 29.3. The van der Waals surface area contributed by atoms with E-state index in [2.05, 4.69) is 31.3 Å². The van der Waals surface area contributed by atoms with Crippen LogP contribution in [0.25, 0.3) is 0 Å². The molecule has 32 heteroatoms. The second kappa shape index (κ2) is 31.7. The molecular formula is C38H58F9N13O10. The maximum atomic E-state index is 13.7. The number of alkyl halides is 9. The summed E-state index contributed by atoms with van der Waals surface area (Å²) in [6, 6.07) is 6.22. The molecule has 1 heterocycles. The van der Waals surface area contributed by atoms with Crippen LogP contribution < -0.4 is 49.9 Å². The molecule has 0 radical (unpaired) electrons. The van der Waals surface area contributed by atoms with Gasteiger partial charge in [0, 0.05) is 32.7 Å². The van der Waals surface area contributed by atoms with Gasteiger partial charge in [0.15, 0.2) is 17.9 Å². The number of rotatable bonds is 19. The van der Waals surface area contributed by atoms with Crippen molar-refractivity contribution in [2.75, 3.05) is 32.7 Å². The van der Waals surface area contributed by atoms with Crippen LogP contribution in [-0.4, -0.2) is 149 Å². The second-order valence-electron chi connectivity index (χ2n) is 14.9. The fourth-order valence-corrected chi connectivity index (χ4v) is 5.37. The summed E-state index contributed by atoms with van der Waals surface area (Å²) in [4.78, 5) is 89.9. The molecule has 0 spiro atoms. The quantitative estimate of drug-likeness (QED) is 0.0377. The lowest BCUT2D eigenvalue weighted by Crippen LogP contribution is -2.58. The van der Waals surface area contributed by atoms with Crippen molar-refractivity contribution in [3.63, 3.8) is 0 Å². The highest BCUT2D eigenvalue weighted by Gasteiger charge is 2.39. The summed E-state index contributed by atoms with van der Waals surface area (Å²) < 4.78 is 95.2. The van der Waals surface area contributed by atoms with Crippen LogP contribution in [0.4, 0.5) is 39.5 Å². The summed E-state index contributed by atoms with van der Waals surface area (Å²) in [5.41, 5.74) is 28.1. The number of carboxylic acid groups (broad SMARTS) is 3. The number of nitrogens with two attached hydrogens (primary N) is 5. The van der Waals surface area contributed by atoms with Crippen molar-refractivity contribution in [2.45, 2.75) is 95.4 Å². The largest absolute Gasteiger partial charge is 0.490 e. The van der Waals surface area contributed by atoms with Crippen molar-refractivity contribution in [1.82, 2.24) is 26.2 Å². The number of guanidine groups is 3. The smallest absolute Gasteiger partial charge is 0.475 e. The third-order valence-electron chi connectivity index (χ3n) is 8.88. The molecule has 23 nitrogen and oxygen atoms in total. The topological polar surface area (TPSA) is 410 Å². The molecule has 70 heavy (non-hydrogen) atoms. The van der Waals surface area contributed by atoms with Crippen molar-refractivity contribution in [2.24, 2.45) is 50.5 Å². The Labute approximate surface area is 393 Å². The molecule has 4 amide bonds. The maximum Gasteiger partial charge on any atom is 0.490 e. The van der Waals surface area contributed by atoms with E-state index >= 15 is 0 Å². The number of halogens is 9. The molecule has 2 rings (SSSR count). The Morgan fingerprint density at radius 2 is 1.07 bits per heavy atom. The molecule has 0 aromatic heterocycles. The summed E-state index contributed by atoms with van der Waals surface area (Å²) >= 11 is 0. The summed E-state index contributed by atoms with van der Waals surface area (Å²) in [6.45, 7) is 5.72. The third kappa shape index (κ3) is 30.9. The minimum Gasteiger partial charge on any atom is -0.475 e. The van der Waals surface area contributed by atoms with Crippen molar-refractivity contribution in [1.29, 1.82) is 5.41 Å². The SMILES string of the molecule is CC(C)[C@H](NC(=O)[C@H](CCCN=C(N)N)NC(=O)Cc1ccccc1)C(=O)N[C@@H](CCCN=C(N)N)C(=O)NCC1CCN(C(=N)N)CC1.O=C(O)C(F)(F)F.O=C(O)C(F)(F)F.O=C(O)C(F)(F)F. The highest BCUT2D eigenvalue weighted by molar-refractivity contribution is 5.94. The number of carbonyl (C=O) groups excluding carboxylic acids is 4. The van der Waals surface area contributed by atoms with Crippen LogP contribution in [0, 0.1) is 17.2 Å². The van der Waals surface area contributed by atoms with Gasteiger partial charge in [-0.1, -0.05) is 44.2 Å². The Morgan fingerprint density at radius 3 is 1.43 bits per heavy atom. The predicted molar refractivity (Wildman–Crippen MR) is 231 cm³/mol. The van der Waals surface area contributed by atoms with E-state index in [4.69, 9.17) is 63.8 Å². The van der Waals surface area contributed by atoms with Gasteiger partial charge in [0.05, 0.1) is 6.42 Å². The number of piperidine rings is 1. The fraction of sp³-hybridized carbons (Fsp3) is 0.579. The van der Waals surface area contributed by atoms with Crippen LogP contribution in [0.2, 0.25) is 0 Å². The Hall–Kier alpha value is -7.31. The van der Waals surface area contributed by atoms with Gasteiger partial charge >= 0.3 is 36.4 Å². The molecular weight excluding hydrogens is 969 g/mol. The monoisotopic (exact) mass is 1030 g/mol. The van der Waals surface area contributed by atoms with Crippen LogP contribution in [-0.2, 0) is 40.0 Å². The highest BCUT2D eigenvalue weighted by atomic mass is 19.4. The number of carboxylic acids is 3. The fourth-order valence-electron chi connectivity index (χ4n) is 5.37. The van der Waals surface area contributed by atoms with Gasteiger partial charge in [-0.05, 0) is 55.9 Å². The van der Waals surface area contributed by atoms with Gasteiger partial charge in [0.25, 0.3) is 0 Å². The van der Waals surface area contributed by atoms with E-state index in [9.17, 15) is 58.7 Å². The van der Waals surface area contributed by atoms with Gasteiger partial charge in [-0.15, -0.1) is 0 Å². The molecule has 1 fully saturated rings. The van der Waals surface area contributed by atoms with E-state index in [1.54, 1.807) is 18.7 Å². The van der Waals surface area contributed by atoms with E-state index < -0.39 is 66.4 Å². The van der Waals surface area contributed by atoms with Crippen molar-refractivity contribution in [3.05, 3.63) is 35.9 Å². The molecule has 1 aromatic carbocycles. The maximum absolute atomic E-state index is 13.7. The molecule has 1 aliphatic heterocycles. The summed E-state index contributed by atoms with van der Waals surface area (Å²) in [5.74, 6) is -10.4. The highest BCUT2D eigenvalue weighted by Crippen LogP contribution is 2.17. The normalized spacial score (nSPS) is 13.8. The number of amides is 4. The molecule has 1 aliphatic rings. The van der Waals surface area contributed by atoms with Gasteiger partial charge in [-0.3, -0.25) is 34.6 Å². The zero-order chi connectivity index (χ0) is 54.6. The van der Waals surface area contributed by atoms with Gasteiger partial charge in [-0.25, -0.2) is 14.4 Å². The third-order valence-corrected chi connectivity index (χ3v) is 8.88. The molecule has 398 valence electrons. The summed E-state index contributed by atoms with van der Waals surface area (Å²) in [7, 11) is 0. The molecule has 3 atom stereocenters. The van der Waals surface area contributed by atoms with Crippen LogP contribution in [0.5, 0.6) is 0 Å². The van der Waals surface area contributed by atoms with Crippen molar-refractivity contribution < 1.29 is 88.4 Å². The first-order chi connectivity index (χ1) is 32.1. The van der Waals surface area contributed by atoms with Gasteiger partial charge in [0.2, 0.25) is 23.6 Å². The first-order valence-electron chi connectivity index (χ1n) is 20.4. The predicted octanol–water partition coefficient (Wildman–Crippen LogP) is 0.0683. The van der Waals surface area contributed by atoms with Crippen molar-refractivity contribution in [3.8, 4) is 0 Å². The average molecular weight is 1030 g/mol. The number of aliphatic imine (C=N–C) groups is 2. The standard InChI is InChI=1S/C32H55N13O4.3C2HF3O2/c1-20(2)26(44-28(48)24(11-7-15-40-31(35)36)42-25(46)18-21-8-4-3-5-9-21)29(49)43-23(10-6-14-39-30(33)34)27(47)41-19-22-12-16-45(17-13-22)32(37)38;3*3-2(4,5)1(6)7/h3-5,8-9,20,22-24,26H,6-7,10-19H2,1-2H3,(H3,37,38)(H,41,47)(H,42,46)(H,43,49)(H,44,48)(H4,33,34,39)(H4,35,36,40);3*(H,6,7)/t23-,24-,26-;;;/m0.../s1. The summed E-state index contributed by atoms with van der Waals surface area (Å²) in [6.07, 6.45) is -12.4. The lowest BCUT2D eigenvalue weighted by Gasteiger charge is -2.32. The van der Waals surface area contributed by atoms with E-state index in [0.29, 0.717) is 32.5 Å². The molecule has 0 saturated carbocycles. The number of nitrogens with zero attached hydrogens (tertiary/aromatic N) is 3. The van der Waals surface area contributed by atoms with Crippen LogP contribution in [0.15, 0.2) is 40.3 Å².